The molecule has 0 aromatic rings. The van der Waals surface area contributed by atoms with E-state index in [0.717, 1.165) is 20.8 Å². The maximum absolute atomic E-state index is 12.9. The molecule has 0 saturated carbocycles. The van der Waals surface area contributed by atoms with Crippen LogP contribution in [0.4, 0.5) is 0 Å². The van der Waals surface area contributed by atoms with Gasteiger partial charge in [0.05, 0.1) is 45.2 Å². The molecule has 0 aromatic carbocycles. The predicted molar refractivity (Wildman–Crippen MR) is 219 cm³/mol. The average molecular weight is 1040 g/mol. The molecule has 32 heteroatoms. The molecule has 0 aromatic heterocycles. The molecule has 32 nitrogen and oxygen atoms in total. The molecular formula is C39H65N3O29. The lowest BCUT2D eigenvalue weighted by atomic mass is 9.88. The number of aliphatic hydroxyl groups excluding tert-OH is 15. The van der Waals surface area contributed by atoms with Gasteiger partial charge in [0.2, 0.25) is 17.7 Å². The quantitative estimate of drug-likeness (QED) is 0.0571. The SMILES string of the molecule is CC(=O)N[C@@H]1[C@@H](O[C@@H]2O[C@H](CO)[C@H](O)[C@H](O)[C@H]2O)[C@@H](O)[C@@H](CO[C@@H]2O[C@H](CO)[C@@H](O[C@@H]3O[C@H](CO)[C@H](O)[C@H](O[C@]4(C(=O)O)C[C@H](O)[C@@H](NC(C)=O)[C@H]([C@H](O)[C@H](O)CO)O4)[C@H]3O)[C@H](O)[C@H]2NC(C)=O)O[C@@H]1O. The Morgan fingerprint density at radius 1 is 0.577 bits per heavy atom. The lowest BCUT2D eigenvalue weighted by molar-refractivity contribution is -0.383. The minimum Gasteiger partial charge on any atom is -0.477 e. The van der Waals surface area contributed by atoms with Crippen molar-refractivity contribution in [1.82, 2.24) is 16.0 Å². The van der Waals surface area contributed by atoms with E-state index in [1.807, 2.05) is 0 Å². The Hall–Kier alpha value is -3.08. The van der Waals surface area contributed by atoms with Gasteiger partial charge in [-0.05, 0) is 0 Å². The number of carboxylic acid groups (broad SMARTS) is 1. The fourth-order valence-corrected chi connectivity index (χ4v) is 8.84. The standard InChI is InChI=1S/C39H65N3O29/c1-10(47)40-19-13(50)4-39(38(61)62,70-32(19)22(52)14(51)5-43)71-33-24(54)16(7-45)66-37(29(33)59)68-30-17(8-46)67-35(20(26(30)56)41-11(2)48)63-9-18-25(55)31(21(34(60)64-18)42-12(3)49)69-36-28(58)27(57)23(53)15(6-44)65-36/h13-37,43-46,50-60H,4-9H2,1-3H3,(H,40,47)(H,41,48)(H,42,49)(H,61,62)/t13-,14+,15+,16+,17+,18+,19+,20+,21+,22+,23-,24-,25-,26+,27-,28+,29+,30+,31+,32+,33-,34-,35+,36-,37-,39-/m0/s1. The van der Waals surface area contributed by atoms with Crippen molar-refractivity contribution in [3.63, 3.8) is 0 Å². The lowest BCUT2D eigenvalue weighted by Crippen LogP contribution is -2.71. The molecule has 19 N–H and O–H groups in total. The summed E-state index contributed by atoms with van der Waals surface area (Å²) in [5.41, 5.74) is 0. The molecule has 0 bridgehead atoms. The number of hydrogen-bond donors (Lipinski definition) is 19. The highest BCUT2D eigenvalue weighted by atomic mass is 16.8. The number of rotatable bonds is 19. The number of carbonyl (C=O) groups is 4. The highest BCUT2D eigenvalue weighted by Gasteiger charge is 2.61. The topological polar surface area (TPSA) is 511 Å². The maximum atomic E-state index is 12.9. The zero-order valence-electron chi connectivity index (χ0n) is 38.1. The van der Waals surface area contributed by atoms with Crippen LogP contribution in [-0.4, -0.2) is 297 Å². The normalized spacial score (nSPS) is 45.0. The Bertz CT molecular complexity index is 1770. The second-order valence-corrected chi connectivity index (χ2v) is 17.6. The molecule has 5 aliphatic heterocycles. The highest BCUT2D eigenvalue weighted by molar-refractivity contribution is 5.77. The number of carboxylic acids is 1. The minimum atomic E-state index is -3.16. The summed E-state index contributed by atoms with van der Waals surface area (Å²) in [5.74, 6) is -7.62. The van der Waals surface area contributed by atoms with E-state index in [-0.39, 0.29) is 0 Å². The van der Waals surface area contributed by atoms with Crippen LogP contribution >= 0.6 is 0 Å². The van der Waals surface area contributed by atoms with Crippen molar-refractivity contribution in [3.8, 4) is 0 Å². The van der Waals surface area contributed by atoms with E-state index in [0.29, 0.717) is 0 Å². The van der Waals surface area contributed by atoms with Gasteiger partial charge in [-0.2, -0.15) is 0 Å². The van der Waals surface area contributed by atoms with Gasteiger partial charge in [-0.25, -0.2) is 4.79 Å². The van der Waals surface area contributed by atoms with E-state index in [2.05, 4.69) is 16.0 Å². The third-order valence-electron chi connectivity index (χ3n) is 12.5. The molecule has 26 atom stereocenters. The van der Waals surface area contributed by atoms with Gasteiger partial charge in [0, 0.05) is 27.2 Å². The van der Waals surface area contributed by atoms with E-state index < -0.39 is 222 Å². The summed E-state index contributed by atoms with van der Waals surface area (Å²) in [4.78, 5) is 49.5. The van der Waals surface area contributed by atoms with Crippen LogP contribution in [0.15, 0.2) is 0 Å². The summed E-state index contributed by atoms with van der Waals surface area (Å²) in [7, 11) is 0. The summed E-state index contributed by atoms with van der Waals surface area (Å²) in [5, 5.41) is 177. The van der Waals surface area contributed by atoms with E-state index >= 15 is 0 Å². The van der Waals surface area contributed by atoms with Crippen LogP contribution in [-0.2, 0) is 61.8 Å². The Kier molecular flexibility index (Phi) is 20.7. The first kappa shape index (κ1) is 58.8. The fraction of sp³-hybridized carbons (Fsp3) is 0.897. The Labute approximate surface area is 402 Å². The number of carbonyl (C=O) groups excluding carboxylic acids is 3. The number of aliphatic hydroxyl groups is 15. The number of nitrogens with one attached hydrogen (secondary N) is 3. The monoisotopic (exact) mass is 1040 g/mol. The molecule has 0 spiro atoms. The zero-order valence-corrected chi connectivity index (χ0v) is 38.1. The molecule has 71 heavy (non-hydrogen) atoms. The molecule has 5 rings (SSSR count). The summed E-state index contributed by atoms with van der Waals surface area (Å²) < 4.78 is 50.9. The van der Waals surface area contributed by atoms with Gasteiger partial charge >= 0.3 is 5.97 Å². The predicted octanol–water partition coefficient (Wildman–Crippen LogP) is -12.3. The first-order valence-electron chi connectivity index (χ1n) is 22.2. The maximum Gasteiger partial charge on any atom is 0.364 e. The third-order valence-corrected chi connectivity index (χ3v) is 12.5. The van der Waals surface area contributed by atoms with Gasteiger partial charge in [-0.1, -0.05) is 0 Å². The van der Waals surface area contributed by atoms with Crippen LogP contribution in [0, 0.1) is 0 Å². The number of amides is 3. The van der Waals surface area contributed by atoms with Gasteiger partial charge in [-0.15, -0.1) is 0 Å². The van der Waals surface area contributed by atoms with Crippen molar-refractivity contribution in [1.29, 1.82) is 0 Å². The molecule has 5 aliphatic rings. The number of aliphatic carboxylic acids is 1. The van der Waals surface area contributed by atoms with E-state index in [9.17, 15) is 101 Å². The summed E-state index contributed by atoms with van der Waals surface area (Å²) in [6, 6.07) is -4.96. The van der Waals surface area contributed by atoms with Crippen LogP contribution in [0.2, 0.25) is 0 Å². The van der Waals surface area contributed by atoms with Crippen molar-refractivity contribution >= 4 is 23.7 Å². The minimum absolute atomic E-state index is 0.764. The van der Waals surface area contributed by atoms with Crippen LogP contribution < -0.4 is 16.0 Å². The van der Waals surface area contributed by atoms with E-state index in [1.54, 1.807) is 0 Å². The van der Waals surface area contributed by atoms with Gasteiger partial charge in [0.1, 0.15) is 116 Å². The Morgan fingerprint density at radius 2 is 1.08 bits per heavy atom. The smallest absolute Gasteiger partial charge is 0.364 e. The van der Waals surface area contributed by atoms with Crippen LogP contribution in [0.3, 0.4) is 0 Å². The van der Waals surface area contributed by atoms with Gasteiger partial charge in [-0.3, -0.25) is 14.4 Å². The summed E-state index contributed by atoms with van der Waals surface area (Å²) in [6.07, 6.45) is -44.1. The molecule has 5 saturated heterocycles. The highest BCUT2D eigenvalue weighted by Crippen LogP contribution is 2.39. The lowest BCUT2D eigenvalue weighted by Gasteiger charge is -2.51. The second kappa shape index (κ2) is 25.0. The fourth-order valence-electron chi connectivity index (χ4n) is 8.84. The molecule has 410 valence electrons. The van der Waals surface area contributed by atoms with Crippen molar-refractivity contribution < 1.29 is 144 Å². The van der Waals surface area contributed by atoms with Crippen molar-refractivity contribution in [2.24, 2.45) is 0 Å². The van der Waals surface area contributed by atoms with E-state index in [1.165, 1.54) is 0 Å². The molecule has 0 unspecified atom stereocenters. The largest absolute Gasteiger partial charge is 0.477 e. The summed E-state index contributed by atoms with van der Waals surface area (Å²) in [6.45, 7) is -1.90. The third kappa shape index (κ3) is 13.1. The second-order valence-electron chi connectivity index (χ2n) is 17.6. The van der Waals surface area contributed by atoms with Crippen LogP contribution in [0.25, 0.3) is 0 Å². The molecule has 5 fully saturated rings. The van der Waals surface area contributed by atoms with Crippen molar-refractivity contribution in [3.05, 3.63) is 0 Å². The number of hydrogen-bond acceptors (Lipinski definition) is 28. The molecule has 0 aliphatic carbocycles. The van der Waals surface area contributed by atoms with Gasteiger partial charge in [0.15, 0.2) is 25.2 Å². The van der Waals surface area contributed by atoms with Crippen molar-refractivity contribution in [2.75, 3.05) is 33.0 Å². The average Bonchev–Trinajstić information content (AvgIpc) is 3.31. The van der Waals surface area contributed by atoms with Crippen LogP contribution in [0.5, 0.6) is 0 Å². The van der Waals surface area contributed by atoms with Gasteiger partial charge in [0.25, 0.3) is 5.79 Å². The van der Waals surface area contributed by atoms with Crippen molar-refractivity contribution in [2.45, 2.75) is 186 Å². The molecule has 3 amide bonds. The van der Waals surface area contributed by atoms with E-state index in [4.69, 9.17) is 42.6 Å². The molecule has 0 radical (unpaired) electrons. The van der Waals surface area contributed by atoms with Gasteiger partial charge < -0.3 is 140 Å². The first-order chi connectivity index (χ1) is 33.3. The first-order valence-corrected chi connectivity index (χ1v) is 22.2. The number of ether oxygens (including phenoxy) is 9. The molecule has 5 heterocycles. The summed E-state index contributed by atoms with van der Waals surface area (Å²) >= 11 is 0. The van der Waals surface area contributed by atoms with Crippen LogP contribution in [0.1, 0.15) is 27.2 Å². The Morgan fingerprint density at radius 3 is 1.63 bits per heavy atom. The zero-order chi connectivity index (χ0) is 53.0. The molecular weight excluding hydrogens is 974 g/mol. The Balaban J connectivity index is 1.36.